The largest absolute Gasteiger partial charge is 0.316 e. The van der Waals surface area contributed by atoms with Gasteiger partial charge in [0.2, 0.25) is 5.91 Å². The van der Waals surface area contributed by atoms with Gasteiger partial charge in [-0.2, -0.15) is 0 Å². The second-order valence-electron chi connectivity index (χ2n) is 6.82. The Morgan fingerprint density at radius 3 is 2.85 bits per heavy atom. The number of hydrogen-bond acceptors (Lipinski definition) is 3. The predicted molar refractivity (Wildman–Crippen MR) is 110 cm³/mol. The van der Waals surface area contributed by atoms with Crippen LogP contribution in [-0.2, 0) is 24.1 Å². The molecule has 2 aromatic carbocycles. The van der Waals surface area contributed by atoms with Crippen LogP contribution in [0.1, 0.15) is 23.1 Å². The maximum absolute atomic E-state index is 12.3. The highest BCUT2D eigenvalue weighted by molar-refractivity contribution is 7.99. The summed E-state index contributed by atoms with van der Waals surface area (Å²) in [6.45, 7) is 2.83. The average Bonchev–Trinajstić information content (AvgIpc) is 2.81. The maximum atomic E-state index is 12.3. The lowest BCUT2D eigenvalue weighted by atomic mass is 10.0. The van der Waals surface area contributed by atoms with Crippen LogP contribution in [0, 0.1) is 0 Å². The minimum Gasteiger partial charge on any atom is -0.316 e. The zero-order valence-corrected chi connectivity index (χ0v) is 16.3. The van der Waals surface area contributed by atoms with E-state index in [1.54, 1.807) is 0 Å². The normalized spacial score (nSPS) is 16.3. The van der Waals surface area contributed by atoms with Crippen LogP contribution in [0.4, 0.5) is 5.69 Å². The Morgan fingerprint density at radius 2 is 1.92 bits per heavy atom. The van der Waals surface area contributed by atoms with Gasteiger partial charge in [-0.25, -0.2) is 0 Å². The van der Waals surface area contributed by atoms with Crippen LogP contribution in [0.15, 0.2) is 41.3 Å². The van der Waals surface area contributed by atoms with Gasteiger partial charge < -0.3 is 10.2 Å². The number of hydrogen-bond donors (Lipinski definition) is 1. The molecule has 2 heterocycles. The molecule has 136 valence electrons. The number of para-hydroxylation sites is 1. The summed E-state index contributed by atoms with van der Waals surface area (Å²) < 4.78 is 0. The molecule has 0 atom stereocenters. The van der Waals surface area contributed by atoms with E-state index in [0.717, 1.165) is 60.9 Å². The van der Waals surface area contributed by atoms with Crippen molar-refractivity contribution >= 4 is 35.0 Å². The van der Waals surface area contributed by atoms with Gasteiger partial charge in [0.15, 0.2) is 0 Å². The lowest BCUT2D eigenvalue weighted by Gasteiger charge is -2.18. The van der Waals surface area contributed by atoms with Crippen molar-refractivity contribution in [2.24, 2.45) is 0 Å². The van der Waals surface area contributed by atoms with Crippen molar-refractivity contribution in [2.75, 3.05) is 30.3 Å². The van der Waals surface area contributed by atoms with E-state index in [4.69, 9.17) is 11.6 Å². The molecule has 0 fully saturated rings. The lowest BCUT2D eigenvalue weighted by Crippen LogP contribution is -2.28. The molecular formula is C21H23ClN2OS. The number of thioether (sulfide) groups is 1. The van der Waals surface area contributed by atoms with Crippen LogP contribution in [-0.4, -0.2) is 31.3 Å². The SMILES string of the molecule is O=C1Cc2ccccc2N1CCCSc1c(Cl)ccc2c1CCNCC2. The first-order chi connectivity index (χ1) is 12.7. The average molecular weight is 387 g/mol. The second-order valence-corrected chi connectivity index (χ2v) is 8.33. The Bertz CT molecular complexity index is 824. The maximum Gasteiger partial charge on any atom is 0.231 e. The molecule has 2 aliphatic heterocycles. The number of nitrogens with one attached hydrogen (secondary N) is 1. The quantitative estimate of drug-likeness (QED) is 0.620. The smallest absolute Gasteiger partial charge is 0.231 e. The topological polar surface area (TPSA) is 32.3 Å². The van der Waals surface area contributed by atoms with Gasteiger partial charge in [0.25, 0.3) is 0 Å². The molecule has 1 amide bonds. The third-order valence-electron chi connectivity index (χ3n) is 5.13. The fourth-order valence-corrected chi connectivity index (χ4v) is 5.26. The molecule has 0 aromatic heterocycles. The standard InChI is InChI=1S/C21H23ClN2OS/c22-18-7-6-15-8-10-23-11-9-17(15)21(18)26-13-3-12-24-19-5-2-1-4-16(19)14-20(24)25/h1-2,4-7,23H,3,8-14H2. The summed E-state index contributed by atoms with van der Waals surface area (Å²) in [7, 11) is 0. The highest BCUT2D eigenvalue weighted by atomic mass is 35.5. The number of anilines is 1. The first-order valence-corrected chi connectivity index (χ1v) is 10.6. The van der Waals surface area contributed by atoms with E-state index < -0.39 is 0 Å². The molecule has 0 saturated carbocycles. The summed E-state index contributed by atoms with van der Waals surface area (Å²) in [6, 6.07) is 12.3. The van der Waals surface area contributed by atoms with Gasteiger partial charge in [0.1, 0.15) is 0 Å². The molecule has 0 saturated heterocycles. The van der Waals surface area contributed by atoms with E-state index in [1.165, 1.54) is 16.0 Å². The number of halogens is 1. The van der Waals surface area contributed by atoms with E-state index in [2.05, 4.69) is 17.4 Å². The van der Waals surface area contributed by atoms with Gasteiger partial charge >= 0.3 is 0 Å². The first-order valence-electron chi connectivity index (χ1n) is 9.26. The Kier molecular flexibility index (Phi) is 5.53. The van der Waals surface area contributed by atoms with Crippen molar-refractivity contribution in [2.45, 2.75) is 30.6 Å². The predicted octanol–water partition coefficient (Wildman–Crippen LogP) is 4.10. The van der Waals surface area contributed by atoms with Gasteiger partial charge in [-0.15, -0.1) is 11.8 Å². The fourth-order valence-electron chi connectivity index (χ4n) is 3.82. The number of rotatable bonds is 5. The van der Waals surface area contributed by atoms with Crippen molar-refractivity contribution in [3.05, 3.63) is 58.1 Å². The van der Waals surface area contributed by atoms with Crippen molar-refractivity contribution in [1.82, 2.24) is 5.32 Å². The Balaban J connectivity index is 1.39. The molecule has 0 radical (unpaired) electrons. The van der Waals surface area contributed by atoms with Crippen molar-refractivity contribution < 1.29 is 4.79 Å². The van der Waals surface area contributed by atoms with Crippen LogP contribution in [0.3, 0.4) is 0 Å². The summed E-state index contributed by atoms with van der Waals surface area (Å²) in [6.07, 6.45) is 3.60. The molecule has 0 spiro atoms. The van der Waals surface area contributed by atoms with Crippen molar-refractivity contribution in [3.8, 4) is 0 Å². The number of carbonyl (C=O) groups excluding carboxylic acids is 1. The number of nitrogens with zero attached hydrogens (tertiary/aromatic N) is 1. The Labute approximate surface area is 164 Å². The van der Waals surface area contributed by atoms with E-state index >= 15 is 0 Å². The third kappa shape index (κ3) is 3.64. The van der Waals surface area contributed by atoms with Gasteiger partial charge in [0.05, 0.1) is 11.4 Å². The summed E-state index contributed by atoms with van der Waals surface area (Å²) >= 11 is 8.34. The zero-order chi connectivity index (χ0) is 17.9. The third-order valence-corrected chi connectivity index (χ3v) is 6.80. The van der Waals surface area contributed by atoms with Crippen LogP contribution in [0.25, 0.3) is 0 Å². The van der Waals surface area contributed by atoms with Crippen molar-refractivity contribution in [3.63, 3.8) is 0 Å². The van der Waals surface area contributed by atoms with E-state index in [0.29, 0.717) is 6.42 Å². The summed E-state index contributed by atoms with van der Waals surface area (Å²) in [5.41, 5.74) is 5.06. The summed E-state index contributed by atoms with van der Waals surface area (Å²) in [5, 5.41) is 4.32. The fraction of sp³-hybridized carbons (Fsp3) is 0.381. The molecule has 26 heavy (non-hydrogen) atoms. The molecule has 2 aliphatic rings. The summed E-state index contributed by atoms with van der Waals surface area (Å²) in [4.78, 5) is 15.4. The number of amides is 1. The van der Waals surface area contributed by atoms with Crippen LogP contribution >= 0.6 is 23.4 Å². The highest BCUT2D eigenvalue weighted by Crippen LogP contribution is 2.35. The van der Waals surface area contributed by atoms with E-state index in [1.807, 2.05) is 40.9 Å². The van der Waals surface area contributed by atoms with E-state index in [9.17, 15) is 4.79 Å². The molecular weight excluding hydrogens is 364 g/mol. The molecule has 2 aromatic rings. The summed E-state index contributed by atoms with van der Waals surface area (Å²) in [5.74, 6) is 1.18. The number of benzene rings is 2. The Morgan fingerprint density at radius 1 is 1.08 bits per heavy atom. The molecule has 1 N–H and O–H groups in total. The molecule has 5 heteroatoms. The van der Waals surface area contributed by atoms with Crippen LogP contribution in [0.5, 0.6) is 0 Å². The highest BCUT2D eigenvalue weighted by Gasteiger charge is 2.26. The molecule has 0 unspecified atom stereocenters. The zero-order valence-electron chi connectivity index (χ0n) is 14.8. The minimum absolute atomic E-state index is 0.217. The number of carbonyl (C=O) groups is 1. The van der Waals surface area contributed by atoms with Gasteiger partial charge in [-0.3, -0.25) is 4.79 Å². The molecule has 4 rings (SSSR count). The minimum atomic E-state index is 0.217. The first kappa shape index (κ1) is 17.9. The van der Waals surface area contributed by atoms with Gasteiger partial charge in [-0.05, 0) is 66.9 Å². The van der Waals surface area contributed by atoms with Crippen molar-refractivity contribution in [1.29, 1.82) is 0 Å². The van der Waals surface area contributed by atoms with E-state index in [-0.39, 0.29) is 5.91 Å². The Hall–Kier alpha value is -1.49. The monoisotopic (exact) mass is 386 g/mol. The lowest BCUT2D eigenvalue weighted by molar-refractivity contribution is -0.117. The van der Waals surface area contributed by atoms with Crippen LogP contribution < -0.4 is 10.2 Å². The number of fused-ring (bicyclic) bond motifs is 2. The van der Waals surface area contributed by atoms with Gasteiger partial charge in [-0.1, -0.05) is 35.9 Å². The molecule has 3 nitrogen and oxygen atoms in total. The second kappa shape index (κ2) is 8.03. The molecule has 0 aliphatic carbocycles. The molecule has 0 bridgehead atoms. The van der Waals surface area contributed by atoms with Gasteiger partial charge in [0, 0.05) is 17.1 Å². The van der Waals surface area contributed by atoms with Crippen LogP contribution in [0.2, 0.25) is 5.02 Å².